The van der Waals surface area contributed by atoms with Crippen LogP contribution in [0, 0.1) is 0 Å². The molecule has 1 atom stereocenters. The summed E-state index contributed by atoms with van der Waals surface area (Å²) in [5.41, 5.74) is 0. The summed E-state index contributed by atoms with van der Waals surface area (Å²) in [5, 5.41) is 0. The molecule has 1 aliphatic rings. The third-order valence-corrected chi connectivity index (χ3v) is 2.60. The van der Waals surface area contributed by atoms with E-state index < -0.39 is 0 Å². The SMILES string of the molecule is CCC(C)N1CCCCC1.N. The van der Waals surface area contributed by atoms with Gasteiger partial charge >= 0.3 is 0 Å². The Bertz CT molecular complexity index is 87.6. The molecule has 0 amide bonds. The Kier molecular flexibility index (Phi) is 5.51. The first-order valence-electron chi connectivity index (χ1n) is 4.58. The van der Waals surface area contributed by atoms with E-state index in [2.05, 4.69) is 18.7 Å². The van der Waals surface area contributed by atoms with Crippen LogP contribution in [-0.2, 0) is 0 Å². The molecule has 0 aromatic heterocycles. The highest BCUT2D eigenvalue weighted by molar-refractivity contribution is 4.69. The second-order valence-corrected chi connectivity index (χ2v) is 3.35. The minimum atomic E-state index is 0. The quantitative estimate of drug-likeness (QED) is 0.670. The highest BCUT2D eigenvalue weighted by atomic mass is 15.1. The van der Waals surface area contributed by atoms with E-state index in [9.17, 15) is 0 Å². The van der Waals surface area contributed by atoms with Gasteiger partial charge in [0.15, 0.2) is 0 Å². The number of hydrogen-bond donors (Lipinski definition) is 1. The summed E-state index contributed by atoms with van der Waals surface area (Å²) in [5.74, 6) is 0. The van der Waals surface area contributed by atoms with E-state index in [1.807, 2.05) is 0 Å². The Morgan fingerprint density at radius 1 is 1.18 bits per heavy atom. The molecule has 2 nitrogen and oxygen atoms in total. The van der Waals surface area contributed by atoms with Crippen LogP contribution in [0.5, 0.6) is 0 Å². The van der Waals surface area contributed by atoms with E-state index in [-0.39, 0.29) is 6.15 Å². The van der Waals surface area contributed by atoms with Gasteiger partial charge in [-0.25, -0.2) is 0 Å². The van der Waals surface area contributed by atoms with Crippen LogP contribution in [0.15, 0.2) is 0 Å². The summed E-state index contributed by atoms with van der Waals surface area (Å²) >= 11 is 0. The monoisotopic (exact) mass is 158 g/mol. The molecule has 0 aromatic carbocycles. The Hall–Kier alpha value is -0.0800. The van der Waals surface area contributed by atoms with Gasteiger partial charge in [0.2, 0.25) is 0 Å². The van der Waals surface area contributed by atoms with E-state index in [1.54, 1.807) is 0 Å². The van der Waals surface area contributed by atoms with Crippen LogP contribution in [0.2, 0.25) is 0 Å². The van der Waals surface area contributed by atoms with Crippen LogP contribution in [0.1, 0.15) is 39.5 Å². The van der Waals surface area contributed by atoms with Gasteiger partial charge in [0, 0.05) is 6.04 Å². The Morgan fingerprint density at radius 3 is 2.18 bits per heavy atom. The van der Waals surface area contributed by atoms with Crippen molar-refractivity contribution in [2.45, 2.75) is 45.6 Å². The van der Waals surface area contributed by atoms with Gasteiger partial charge in [0.1, 0.15) is 0 Å². The molecule has 1 fully saturated rings. The van der Waals surface area contributed by atoms with Crippen molar-refractivity contribution in [2.75, 3.05) is 13.1 Å². The normalized spacial score (nSPS) is 22.4. The van der Waals surface area contributed by atoms with Gasteiger partial charge in [-0.1, -0.05) is 13.3 Å². The second-order valence-electron chi connectivity index (χ2n) is 3.35. The van der Waals surface area contributed by atoms with Gasteiger partial charge < -0.3 is 11.1 Å². The molecule has 1 heterocycles. The number of hydrogen-bond acceptors (Lipinski definition) is 2. The first-order chi connectivity index (χ1) is 4.84. The first kappa shape index (κ1) is 10.9. The highest BCUT2D eigenvalue weighted by Crippen LogP contribution is 2.13. The molecule has 2 heteroatoms. The Morgan fingerprint density at radius 2 is 1.73 bits per heavy atom. The van der Waals surface area contributed by atoms with Gasteiger partial charge in [-0.05, 0) is 39.3 Å². The maximum Gasteiger partial charge on any atom is 0.00643 e. The zero-order valence-electron chi connectivity index (χ0n) is 7.97. The lowest BCUT2D eigenvalue weighted by Crippen LogP contribution is -2.36. The van der Waals surface area contributed by atoms with Crippen LogP contribution in [0.3, 0.4) is 0 Å². The molecule has 11 heavy (non-hydrogen) atoms. The molecule has 68 valence electrons. The van der Waals surface area contributed by atoms with Gasteiger partial charge in [0.25, 0.3) is 0 Å². The van der Waals surface area contributed by atoms with Crippen molar-refractivity contribution in [3.8, 4) is 0 Å². The van der Waals surface area contributed by atoms with Crippen molar-refractivity contribution in [2.24, 2.45) is 0 Å². The van der Waals surface area contributed by atoms with Crippen LogP contribution < -0.4 is 6.15 Å². The molecule has 0 aromatic rings. The average Bonchev–Trinajstić information content (AvgIpc) is 2.05. The standard InChI is InChI=1S/C9H19N.H3N/c1-3-9(2)10-7-5-4-6-8-10;/h9H,3-8H2,1-2H3;1H3. The van der Waals surface area contributed by atoms with Crippen LogP contribution in [0.25, 0.3) is 0 Å². The number of piperidine rings is 1. The fraction of sp³-hybridized carbons (Fsp3) is 1.00. The zero-order chi connectivity index (χ0) is 7.40. The molecule has 0 saturated carbocycles. The summed E-state index contributed by atoms with van der Waals surface area (Å²) in [6.45, 7) is 7.30. The van der Waals surface area contributed by atoms with Gasteiger partial charge in [-0.3, -0.25) is 0 Å². The molecule has 0 spiro atoms. The fourth-order valence-electron chi connectivity index (χ4n) is 1.62. The molecule has 1 saturated heterocycles. The van der Waals surface area contributed by atoms with Gasteiger partial charge in [-0.15, -0.1) is 0 Å². The molecule has 3 N–H and O–H groups in total. The number of nitrogens with zero attached hydrogens (tertiary/aromatic N) is 1. The minimum absolute atomic E-state index is 0. The molecular weight excluding hydrogens is 136 g/mol. The molecule has 1 aliphatic heterocycles. The van der Waals surface area contributed by atoms with Crippen LogP contribution in [-0.4, -0.2) is 24.0 Å². The van der Waals surface area contributed by atoms with Crippen molar-refractivity contribution in [1.82, 2.24) is 11.1 Å². The van der Waals surface area contributed by atoms with E-state index in [0.717, 1.165) is 6.04 Å². The minimum Gasteiger partial charge on any atom is -0.344 e. The largest absolute Gasteiger partial charge is 0.344 e. The van der Waals surface area contributed by atoms with Crippen molar-refractivity contribution in [3.05, 3.63) is 0 Å². The summed E-state index contributed by atoms with van der Waals surface area (Å²) in [7, 11) is 0. The maximum absolute atomic E-state index is 2.61. The topological polar surface area (TPSA) is 38.2 Å². The van der Waals surface area contributed by atoms with Crippen molar-refractivity contribution in [3.63, 3.8) is 0 Å². The first-order valence-corrected chi connectivity index (χ1v) is 4.58. The molecule has 0 radical (unpaired) electrons. The summed E-state index contributed by atoms with van der Waals surface area (Å²) in [4.78, 5) is 2.61. The lowest BCUT2D eigenvalue weighted by molar-refractivity contribution is 0.170. The van der Waals surface area contributed by atoms with Crippen molar-refractivity contribution >= 4 is 0 Å². The third kappa shape index (κ3) is 3.21. The predicted octanol–water partition coefficient (Wildman–Crippen LogP) is 2.43. The Labute approximate surface area is 70.5 Å². The van der Waals surface area contributed by atoms with E-state index >= 15 is 0 Å². The fourth-order valence-corrected chi connectivity index (χ4v) is 1.62. The average molecular weight is 158 g/mol. The molecular formula is C9H22N2. The summed E-state index contributed by atoms with van der Waals surface area (Å²) in [6, 6.07) is 0.820. The van der Waals surface area contributed by atoms with Crippen LogP contribution >= 0.6 is 0 Å². The predicted molar refractivity (Wildman–Crippen MR) is 50.2 cm³/mol. The number of rotatable bonds is 2. The zero-order valence-corrected chi connectivity index (χ0v) is 7.97. The smallest absolute Gasteiger partial charge is 0.00643 e. The van der Waals surface area contributed by atoms with Crippen molar-refractivity contribution < 1.29 is 0 Å². The second kappa shape index (κ2) is 5.56. The third-order valence-electron chi connectivity index (χ3n) is 2.60. The molecule has 1 rings (SSSR count). The van der Waals surface area contributed by atoms with Gasteiger partial charge in [-0.2, -0.15) is 0 Å². The van der Waals surface area contributed by atoms with Crippen molar-refractivity contribution in [1.29, 1.82) is 0 Å². The lowest BCUT2D eigenvalue weighted by Gasteiger charge is -2.31. The summed E-state index contributed by atoms with van der Waals surface area (Å²) < 4.78 is 0. The van der Waals surface area contributed by atoms with E-state index in [1.165, 1.54) is 38.8 Å². The van der Waals surface area contributed by atoms with E-state index in [0.29, 0.717) is 0 Å². The van der Waals surface area contributed by atoms with E-state index in [4.69, 9.17) is 0 Å². The molecule has 0 aliphatic carbocycles. The molecule has 0 bridgehead atoms. The molecule has 1 unspecified atom stereocenters. The Balaban J connectivity index is 0.000001000. The van der Waals surface area contributed by atoms with Crippen LogP contribution in [0.4, 0.5) is 0 Å². The van der Waals surface area contributed by atoms with Gasteiger partial charge in [0.05, 0.1) is 0 Å². The number of likely N-dealkylation sites (tertiary alicyclic amines) is 1. The lowest BCUT2D eigenvalue weighted by atomic mass is 10.1. The maximum atomic E-state index is 2.61. The summed E-state index contributed by atoms with van der Waals surface area (Å²) in [6.07, 6.45) is 5.60. The highest BCUT2D eigenvalue weighted by Gasteiger charge is 2.13.